The van der Waals surface area contributed by atoms with Gasteiger partial charge in [-0.05, 0) is 0 Å². The topological polar surface area (TPSA) is 66.9 Å². The fourth-order valence-corrected chi connectivity index (χ4v) is 1.12. The summed E-state index contributed by atoms with van der Waals surface area (Å²) in [4.78, 5) is 8.45. The lowest BCUT2D eigenvalue weighted by Gasteiger charge is -2.22. The molecule has 0 saturated heterocycles. The van der Waals surface area contributed by atoms with Crippen LogP contribution in [-0.2, 0) is 0 Å². The highest BCUT2D eigenvalue weighted by Crippen LogP contribution is 2.43. The first-order valence-corrected chi connectivity index (χ1v) is 3.62. The van der Waals surface area contributed by atoms with E-state index in [1.54, 1.807) is 0 Å². The number of halogens is 5. The van der Waals surface area contributed by atoms with Crippen LogP contribution in [-0.4, -0.2) is 16.6 Å². The van der Waals surface area contributed by atoms with E-state index in [-0.39, 0.29) is 0 Å². The van der Waals surface area contributed by atoms with Gasteiger partial charge < -0.3 is 0 Å². The predicted molar refractivity (Wildman–Crippen MR) is 38.7 cm³/mol. The Bertz CT molecular complexity index is 466. The molecular formula is C7HF5N2O2. The van der Waals surface area contributed by atoms with Crippen LogP contribution in [0.25, 0.3) is 0 Å². The van der Waals surface area contributed by atoms with E-state index in [9.17, 15) is 32.1 Å². The van der Waals surface area contributed by atoms with Crippen molar-refractivity contribution in [1.29, 1.82) is 5.26 Å². The van der Waals surface area contributed by atoms with Gasteiger partial charge in [0.25, 0.3) is 0 Å². The zero-order valence-corrected chi connectivity index (χ0v) is 7.18. The van der Waals surface area contributed by atoms with Crippen LogP contribution in [0.3, 0.4) is 0 Å². The first kappa shape index (κ1) is 12.1. The van der Waals surface area contributed by atoms with Crippen molar-refractivity contribution in [2.75, 3.05) is 0 Å². The van der Waals surface area contributed by atoms with Crippen molar-refractivity contribution >= 4 is 0 Å². The molecule has 1 aliphatic rings. The summed E-state index contributed by atoms with van der Waals surface area (Å²) in [6, 6.07) is -2.83. The van der Waals surface area contributed by atoms with Gasteiger partial charge in [0.15, 0.2) is 17.5 Å². The standard InChI is InChI=1S/C7HF5N2O2/c8-2-3(9)5(11)7(12,1-13)6(4(2)10)14(15)16/h6H. The van der Waals surface area contributed by atoms with E-state index in [4.69, 9.17) is 5.26 Å². The normalized spacial score (nSPS) is 30.4. The molecule has 0 amide bonds. The Balaban J connectivity index is 3.55. The summed E-state index contributed by atoms with van der Waals surface area (Å²) in [5.74, 6) is -10.2. The molecule has 4 nitrogen and oxygen atoms in total. The molecule has 9 heteroatoms. The molecule has 0 bridgehead atoms. The van der Waals surface area contributed by atoms with Crippen LogP contribution < -0.4 is 0 Å². The lowest BCUT2D eigenvalue weighted by Crippen LogP contribution is -2.46. The second-order valence-electron chi connectivity index (χ2n) is 2.80. The minimum Gasteiger partial charge on any atom is -0.264 e. The van der Waals surface area contributed by atoms with E-state index < -0.39 is 39.9 Å². The van der Waals surface area contributed by atoms with Crippen molar-refractivity contribution in [2.45, 2.75) is 11.7 Å². The maximum atomic E-state index is 13.4. The van der Waals surface area contributed by atoms with Gasteiger partial charge in [-0.15, -0.1) is 0 Å². The molecule has 16 heavy (non-hydrogen) atoms. The Hall–Kier alpha value is -1.98. The van der Waals surface area contributed by atoms with Crippen molar-refractivity contribution in [3.05, 3.63) is 33.4 Å². The lowest BCUT2D eigenvalue weighted by molar-refractivity contribution is -0.528. The molecular weight excluding hydrogens is 239 g/mol. The molecule has 0 N–H and O–H groups in total. The van der Waals surface area contributed by atoms with Gasteiger partial charge in [-0.1, -0.05) is 0 Å². The molecule has 0 aromatic carbocycles. The van der Waals surface area contributed by atoms with Crippen LogP contribution in [0, 0.1) is 21.4 Å². The van der Waals surface area contributed by atoms with Gasteiger partial charge in [-0.2, -0.15) is 5.26 Å². The number of hydrogen-bond donors (Lipinski definition) is 0. The number of nitriles is 1. The monoisotopic (exact) mass is 240 g/mol. The van der Waals surface area contributed by atoms with Crippen molar-refractivity contribution in [3.63, 3.8) is 0 Å². The molecule has 0 saturated carbocycles. The molecule has 2 unspecified atom stereocenters. The van der Waals surface area contributed by atoms with Crippen LogP contribution in [0.1, 0.15) is 0 Å². The lowest BCUT2D eigenvalue weighted by atomic mass is 9.90. The van der Waals surface area contributed by atoms with E-state index >= 15 is 0 Å². The van der Waals surface area contributed by atoms with Gasteiger partial charge in [-0.3, -0.25) is 10.1 Å². The van der Waals surface area contributed by atoms with E-state index in [2.05, 4.69) is 0 Å². The number of allylic oxidation sites excluding steroid dienone is 2. The van der Waals surface area contributed by atoms with Crippen molar-refractivity contribution < 1.29 is 26.9 Å². The van der Waals surface area contributed by atoms with E-state index in [0.29, 0.717) is 6.07 Å². The first-order valence-electron chi connectivity index (χ1n) is 3.62. The third-order valence-electron chi connectivity index (χ3n) is 1.90. The molecule has 0 heterocycles. The van der Waals surface area contributed by atoms with Gasteiger partial charge in [0.1, 0.15) is 6.07 Å². The summed E-state index contributed by atoms with van der Waals surface area (Å²) in [6.07, 6.45) is 0. The summed E-state index contributed by atoms with van der Waals surface area (Å²) in [5, 5.41) is 18.4. The molecule has 0 aromatic heterocycles. The SMILES string of the molecule is N#CC1(F)C(F)=C(F)C(F)=C(F)C1[N+](=O)[O-]. The van der Waals surface area contributed by atoms with E-state index in [1.807, 2.05) is 0 Å². The van der Waals surface area contributed by atoms with Crippen molar-refractivity contribution in [3.8, 4) is 6.07 Å². The summed E-state index contributed by atoms with van der Waals surface area (Å²) < 4.78 is 64.1. The van der Waals surface area contributed by atoms with Gasteiger partial charge in [0.2, 0.25) is 5.83 Å². The van der Waals surface area contributed by atoms with Gasteiger partial charge in [0, 0.05) is 4.92 Å². The quantitative estimate of drug-likeness (QED) is 0.400. The molecule has 1 aliphatic carbocycles. The first-order chi connectivity index (χ1) is 7.27. The highest BCUT2D eigenvalue weighted by molar-refractivity contribution is 5.43. The molecule has 1 rings (SSSR count). The highest BCUT2D eigenvalue weighted by atomic mass is 19.2. The summed E-state index contributed by atoms with van der Waals surface area (Å²) in [7, 11) is 0. The number of rotatable bonds is 1. The fraction of sp³-hybridized carbons (Fsp3) is 0.286. The average molecular weight is 240 g/mol. The predicted octanol–water partition coefficient (Wildman–Crippen LogP) is 2.18. The molecule has 0 aromatic rings. The minimum absolute atomic E-state index is 0.421. The second-order valence-corrected chi connectivity index (χ2v) is 2.80. The van der Waals surface area contributed by atoms with Gasteiger partial charge >= 0.3 is 11.7 Å². The molecule has 0 spiro atoms. The summed E-state index contributed by atoms with van der Waals surface area (Å²) >= 11 is 0. The molecule has 2 atom stereocenters. The number of nitro groups is 1. The maximum absolute atomic E-state index is 13.4. The minimum atomic E-state index is -4.19. The largest absolute Gasteiger partial charge is 0.322 e. The van der Waals surface area contributed by atoms with Gasteiger partial charge in [-0.25, -0.2) is 22.0 Å². The zero-order chi connectivity index (χ0) is 12.7. The van der Waals surface area contributed by atoms with Crippen LogP contribution in [0.4, 0.5) is 22.0 Å². The number of nitrogens with zero attached hydrogens (tertiary/aromatic N) is 2. The molecule has 86 valence electrons. The fourth-order valence-electron chi connectivity index (χ4n) is 1.12. The second kappa shape index (κ2) is 3.55. The van der Waals surface area contributed by atoms with Crippen molar-refractivity contribution in [2.24, 2.45) is 0 Å². The van der Waals surface area contributed by atoms with E-state index in [0.717, 1.165) is 0 Å². The van der Waals surface area contributed by atoms with Crippen molar-refractivity contribution in [1.82, 2.24) is 0 Å². The Morgan fingerprint density at radius 1 is 1.31 bits per heavy atom. The number of hydrogen-bond acceptors (Lipinski definition) is 3. The maximum Gasteiger partial charge on any atom is 0.322 e. The third-order valence-corrected chi connectivity index (χ3v) is 1.90. The molecule has 0 aliphatic heterocycles. The third kappa shape index (κ3) is 1.34. The average Bonchev–Trinajstić information content (AvgIpc) is 2.23. The molecule has 0 fully saturated rings. The van der Waals surface area contributed by atoms with Crippen LogP contribution in [0.15, 0.2) is 23.3 Å². The van der Waals surface area contributed by atoms with Gasteiger partial charge in [0.05, 0.1) is 0 Å². The summed E-state index contributed by atoms with van der Waals surface area (Å²) in [6.45, 7) is 0. The Morgan fingerprint density at radius 3 is 2.19 bits per heavy atom. The zero-order valence-electron chi connectivity index (χ0n) is 7.18. The van der Waals surface area contributed by atoms with Crippen LogP contribution in [0.5, 0.6) is 0 Å². The molecule has 0 radical (unpaired) electrons. The van der Waals surface area contributed by atoms with Crippen LogP contribution in [0.2, 0.25) is 0 Å². The van der Waals surface area contributed by atoms with E-state index in [1.165, 1.54) is 0 Å². The Morgan fingerprint density at radius 2 is 1.81 bits per heavy atom. The highest BCUT2D eigenvalue weighted by Gasteiger charge is 2.61. The van der Waals surface area contributed by atoms with Crippen LogP contribution >= 0.6 is 0 Å². The summed E-state index contributed by atoms with van der Waals surface area (Å²) in [5.41, 5.74) is -4.19. The smallest absolute Gasteiger partial charge is 0.264 e. The Kier molecular flexibility index (Phi) is 2.68. The Labute approximate surface area is 84.4 Å². The number of alkyl halides is 1.